The zero-order valence-electron chi connectivity index (χ0n) is 15.5. The molecule has 0 aliphatic heterocycles. The van der Waals surface area contributed by atoms with Gasteiger partial charge in [0.2, 0.25) is 0 Å². The number of carboxylic acids is 1. The van der Waals surface area contributed by atoms with Crippen LogP contribution in [0.1, 0.15) is 27.0 Å². The highest BCUT2D eigenvalue weighted by atomic mass is 19.4. The molecule has 0 amide bonds. The van der Waals surface area contributed by atoms with Gasteiger partial charge in [-0.1, -0.05) is 30.3 Å². The van der Waals surface area contributed by atoms with Crippen molar-refractivity contribution in [2.24, 2.45) is 0 Å². The van der Waals surface area contributed by atoms with Crippen LogP contribution in [0, 0.1) is 6.92 Å². The standard InChI is InChI=1S/C22H18F3NO3/c1-13-10-17(14-6-8-15(9-7-14)21(27)28)11-19(20(13)26)29-12-16-4-2-3-5-18(16)22(23,24)25/h2-11H,12,26H2,1H3,(H,27,28). The molecular formula is C22H18F3NO3. The normalized spacial score (nSPS) is 11.3. The molecule has 0 saturated carbocycles. The van der Waals surface area contributed by atoms with Crippen LogP contribution in [0.2, 0.25) is 0 Å². The lowest BCUT2D eigenvalue weighted by Crippen LogP contribution is -2.11. The first-order valence-electron chi connectivity index (χ1n) is 8.68. The Bertz CT molecular complexity index is 1040. The summed E-state index contributed by atoms with van der Waals surface area (Å²) in [5, 5.41) is 9.01. The maximum absolute atomic E-state index is 13.2. The maximum atomic E-state index is 13.2. The maximum Gasteiger partial charge on any atom is 0.416 e. The molecule has 0 aromatic heterocycles. The van der Waals surface area contributed by atoms with Crippen molar-refractivity contribution in [3.05, 3.63) is 82.9 Å². The van der Waals surface area contributed by atoms with Crippen molar-refractivity contribution in [1.29, 1.82) is 0 Å². The van der Waals surface area contributed by atoms with E-state index < -0.39 is 17.7 Å². The molecule has 0 aliphatic rings. The number of alkyl halides is 3. The molecule has 3 aromatic rings. The number of hydrogen-bond donors (Lipinski definition) is 2. The third-order valence-corrected chi connectivity index (χ3v) is 4.52. The Morgan fingerprint density at radius 3 is 2.31 bits per heavy atom. The highest BCUT2D eigenvalue weighted by molar-refractivity contribution is 5.88. The molecule has 3 rings (SSSR count). The molecule has 0 fully saturated rings. The summed E-state index contributed by atoms with van der Waals surface area (Å²) in [6.45, 7) is 1.47. The zero-order chi connectivity index (χ0) is 21.2. The van der Waals surface area contributed by atoms with Crippen molar-refractivity contribution in [3.63, 3.8) is 0 Å². The third-order valence-electron chi connectivity index (χ3n) is 4.52. The highest BCUT2D eigenvalue weighted by Gasteiger charge is 2.33. The second-order valence-corrected chi connectivity index (χ2v) is 6.53. The van der Waals surface area contributed by atoms with E-state index >= 15 is 0 Å². The number of ether oxygens (including phenoxy) is 1. The second-order valence-electron chi connectivity index (χ2n) is 6.53. The molecule has 0 spiro atoms. The van der Waals surface area contributed by atoms with Crippen LogP contribution in [-0.2, 0) is 12.8 Å². The van der Waals surface area contributed by atoms with Gasteiger partial charge in [-0.3, -0.25) is 0 Å². The summed E-state index contributed by atoms with van der Waals surface area (Å²) in [7, 11) is 0. The van der Waals surface area contributed by atoms with Crippen LogP contribution >= 0.6 is 0 Å². The van der Waals surface area contributed by atoms with Gasteiger partial charge < -0.3 is 15.6 Å². The van der Waals surface area contributed by atoms with Gasteiger partial charge in [0.05, 0.1) is 16.8 Å². The number of aryl methyl sites for hydroxylation is 1. The fourth-order valence-electron chi connectivity index (χ4n) is 2.94. The molecule has 0 heterocycles. The van der Waals surface area contributed by atoms with E-state index in [0.717, 1.165) is 11.6 Å². The molecule has 7 heteroatoms. The molecular weight excluding hydrogens is 383 g/mol. The van der Waals surface area contributed by atoms with Crippen molar-refractivity contribution in [2.45, 2.75) is 19.7 Å². The van der Waals surface area contributed by atoms with Gasteiger partial charge in [-0.05, 0) is 53.9 Å². The summed E-state index contributed by atoms with van der Waals surface area (Å²) in [5.41, 5.74) is 7.95. The average Bonchev–Trinajstić information content (AvgIpc) is 2.68. The number of carbonyl (C=O) groups is 1. The van der Waals surface area contributed by atoms with Gasteiger partial charge >= 0.3 is 12.1 Å². The van der Waals surface area contributed by atoms with Gasteiger partial charge in [0.25, 0.3) is 0 Å². The summed E-state index contributed by atoms with van der Waals surface area (Å²) in [4.78, 5) is 11.0. The van der Waals surface area contributed by atoms with Crippen molar-refractivity contribution in [3.8, 4) is 16.9 Å². The predicted molar refractivity (Wildman–Crippen MR) is 104 cm³/mol. The van der Waals surface area contributed by atoms with E-state index in [0.29, 0.717) is 16.8 Å². The largest absolute Gasteiger partial charge is 0.487 e. The number of benzene rings is 3. The number of rotatable bonds is 5. The van der Waals surface area contributed by atoms with Crippen molar-refractivity contribution in [2.75, 3.05) is 5.73 Å². The lowest BCUT2D eigenvalue weighted by Gasteiger charge is -2.16. The number of hydrogen-bond acceptors (Lipinski definition) is 3. The van der Waals surface area contributed by atoms with Crippen LogP contribution in [0.5, 0.6) is 5.75 Å². The van der Waals surface area contributed by atoms with Crippen LogP contribution in [0.4, 0.5) is 18.9 Å². The Labute approximate surface area is 165 Å². The van der Waals surface area contributed by atoms with E-state index in [9.17, 15) is 18.0 Å². The number of nitrogens with two attached hydrogens (primary N) is 1. The molecule has 0 unspecified atom stereocenters. The molecule has 0 aliphatic carbocycles. The molecule has 4 nitrogen and oxygen atoms in total. The smallest absolute Gasteiger partial charge is 0.416 e. The van der Waals surface area contributed by atoms with Gasteiger partial charge in [-0.2, -0.15) is 13.2 Å². The summed E-state index contributed by atoms with van der Waals surface area (Å²) >= 11 is 0. The quantitative estimate of drug-likeness (QED) is 0.551. The van der Waals surface area contributed by atoms with E-state index in [1.165, 1.54) is 30.3 Å². The molecule has 29 heavy (non-hydrogen) atoms. The first kappa shape index (κ1) is 20.3. The van der Waals surface area contributed by atoms with E-state index in [2.05, 4.69) is 0 Å². The van der Waals surface area contributed by atoms with Crippen LogP contribution in [-0.4, -0.2) is 11.1 Å². The van der Waals surface area contributed by atoms with Gasteiger partial charge in [-0.25, -0.2) is 4.79 Å². The Balaban J connectivity index is 1.90. The van der Waals surface area contributed by atoms with E-state index in [1.807, 2.05) is 6.07 Å². The van der Waals surface area contributed by atoms with E-state index in [1.54, 1.807) is 25.1 Å². The molecule has 0 radical (unpaired) electrons. The van der Waals surface area contributed by atoms with Crippen LogP contribution in [0.15, 0.2) is 60.7 Å². The molecule has 0 bridgehead atoms. The van der Waals surface area contributed by atoms with Crippen LogP contribution in [0.3, 0.4) is 0 Å². The Morgan fingerprint density at radius 1 is 1.03 bits per heavy atom. The minimum absolute atomic E-state index is 0.00765. The number of aromatic carboxylic acids is 1. The van der Waals surface area contributed by atoms with Gasteiger partial charge in [-0.15, -0.1) is 0 Å². The number of anilines is 1. The van der Waals surface area contributed by atoms with Crippen LogP contribution in [0.25, 0.3) is 11.1 Å². The lowest BCUT2D eigenvalue weighted by atomic mass is 10.0. The molecule has 150 valence electrons. The van der Waals surface area contributed by atoms with Gasteiger partial charge in [0.1, 0.15) is 12.4 Å². The van der Waals surface area contributed by atoms with Crippen LogP contribution < -0.4 is 10.5 Å². The summed E-state index contributed by atoms with van der Waals surface area (Å²) in [6, 6.07) is 14.9. The minimum Gasteiger partial charge on any atom is -0.487 e. The summed E-state index contributed by atoms with van der Waals surface area (Å²) in [6.07, 6.45) is -4.48. The highest BCUT2D eigenvalue weighted by Crippen LogP contribution is 2.35. The zero-order valence-corrected chi connectivity index (χ0v) is 15.5. The van der Waals surface area contributed by atoms with E-state index in [4.69, 9.17) is 15.6 Å². The predicted octanol–water partition coefficient (Wildman–Crippen LogP) is 5.54. The Morgan fingerprint density at radius 2 is 1.69 bits per heavy atom. The molecule has 0 atom stereocenters. The fourth-order valence-corrected chi connectivity index (χ4v) is 2.94. The lowest BCUT2D eigenvalue weighted by molar-refractivity contribution is -0.138. The third kappa shape index (κ3) is 4.51. The molecule has 0 saturated heterocycles. The monoisotopic (exact) mass is 401 g/mol. The van der Waals surface area contributed by atoms with Crippen molar-refractivity contribution in [1.82, 2.24) is 0 Å². The first-order chi connectivity index (χ1) is 13.7. The Kier molecular flexibility index (Phi) is 5.50. The van der Waals surface area contributed by atoms with Gasteiger partial charge in [0, 0.05) is 5.56 Å². The van der Waals surface area contributed by atoms with E-state index in [-0.39, 0.29) is 23.5 Å². The van der Waals surface area contributed by atoms with Gasteiger partial charge in [0.15, 0.2) is 0 Å². The number of nitrogen functional groups attached to an aromatic ring is 1. The molecule has 3 aromatic carbocycles. The summed E-state index contributed by atoms with van der Waals surface area (Å²) < 4.78 is 45.2. The summed E-state index contributed by atoms with van der Waals surface area (Å²) in [5.74, 6) is -0.767. The first-order valence-corrected chi connectivity index (χ1v) is 8.68. The minimum atomic E-state index is -4.48. The molecule has 3 N–H and O–H groups in total. The number of halogens is 3. The average molecular weight is 401 g/mol. The Hall–Kier alpha value is -3.48. The fraction of sp³-hybridized carbons (Fsp3) is 0.136. The SMILES string of the molecule is Cc1cc(-c2ccc(C(=O)O)cc2)cc(OCc2ccccc2C(F)(F)F)c1N. The topological polar surface area (TPSA) is 72.5 Å². The van der Waals surface area contributed by atoms with Crippen molar-refractivity contribution >= 4 is 11.7 Å². The van der Waals surface area contributed by atoms with Crippen molar-refractivity contribution < 1.29 is 27.8 Å². The number of carboxylic acid groups (broad SMARTS) is 1. The second kappa shape index (κ2) is 7.87.